The van der Waals surface area contributed by atoms with Crippen molar-refractivity contribution in [3.63, 3.8) is 0 Å². The number of thiophene rings is 1. The molecular weight excluding hydrogens is 475 g/mol. The van der Waals surface area contributed by atoms with Crippen LogP contribution in [0.3, 0.4) is 0 Å². The lowest BCUT2D eigenvalue weighted by atomic mass is 10.1. The second-order valence-corrected chi connectivity index (χ2v) is 8.14. The van der Waals surface area contributed by atoms with Crippen LogP contribution >= 0.6 is 82.3 Å². The second kappa shape index (κ2) is 5.93. The summed E-state index contributed by atoms with van der Waals surface area (Å²) in [6, 6.07) is 7.85. The van der Waals surface area contributed by atoms with E-state index in [0.29, 0.717) is 5.02 Å². The first-order chi connectivity index (χ1) is 7.97. The molecule has 0 amide bonds. The zero-order chi connectivity index (χ0) is 12.6. The Bertz CT molecular complexity index is 514. The molecule has 0 radical (unpaired) electrons. The predicted molar refractivity (Wildman–Crippen MR) is 87.0 cm³/mol. The quantitative estimate of drug-likeness (QED) is 0.404. The maximum absolute atomic E-state index is 6.04. The maximum Gasteiger partial charge on any atom is 0.107 e. The average Bonchev–Trinajstić information content (AvgIpc) is 2.57. The third-order valence-electron chi connectivity index (χ3n) is 2.09. The number of benzene rings is 1. The van der Waals surface area contributed by atoms with Gasteiger partial charge in [-0.2, -0.15) is 0 Å². The van der Waals surface area contributed by atoms with Gasteiger partial charge in [0, 0.05) is 18.8 Å². The zero-order valence-electron chi connectivity index (χ0n) is 8.18. The van der Waals surface area contributed by atoms with Crippen LogP contribution in [0.4, 0.5) is 0 Å². The van der Waals surface area contributed by atoms with Gasteiger partial charge in [-0.05, 0) is 45.8 Å². The maximum atomic E-state index is 6.04. The van der Waals surface area contributed by atoms with Gasteiger partial charge >= 0.3 is 0 Å². The molecule has 1 atom stereocenters. The van der Waals surface area contributed by atoms with Crippen LogP contribution in [0.15, 0.2) is 33.2 Å². The molecule has 0 aliphatic heterocycles. The summed E-state index contributed by atoms with van der Waals surface area (Å²) >= 11 is 24.1. The molecule has 1 aromatic heterocycles. The second-order valence-electron chi connectivity index (χ2n) is 3.34. The summed E-state index contributed by atoms with van der Waals surface area (Å²) in [5, 5.41) is 0.709. The first kappa shape index (κ1) is 14.4. The van der Waals surface area contributed by atoms with Crippen molar-refractivity contribution in [3.8, 4) is 0 Å². The van der Waals surface area contributed by atoms with Crippen molar-refractivity contribution in [2.75, 3.05) is 0 Å². The highest BCUT2D eigenvalue weighted by atomic mass is 79.9. The summed E-state index contributed by atoms with van der Waals surface area (Å²) < 4.78 is 2.64. The molecule has 0 N–H and O–H groups in total. The van der Waals surface area contributed by atoms with E-state index in [1.165, 1.54) is 0 Å². The van der Waals surface area contributed by atoms with Gasteiger partial charge in [0.25, 0.3) is 0 Å². The van der Waals surface area contributed by atoms with Crippen LogP contribution < -0.4 is 0 Å². The summed E-state index contributed by atoms with van der Waals surface area (Å²) in [5.41, 5.74) is 1.09. The summed E-state index contributed by atoms with van der Waals surface area (Å²) in [7, 11) is 0. The number of hydrogen-bond acceptors (Lipinski definition) is 1. The lowest BCUT2D eigenvalue weighted by Gasteiger charge is -2.09. The Morgan fingerprint density at radius 1 is 1.06 bits per heavy atom. The average molecular weight is 480 g/mol. The van der Waals surface area contributed by atoms with Crippen LogP contribution in [0.25, 0.3) is 0 Å². The van der Waals surface area contributed by atoms with Crippen molar-refractivity contribution in [1.29, 1.82) is 0 Å². The van der Waals surface area contributed by atoms with Gasteiger partial charge in [0.1, 0.15) is 4.34 Å². The van der Waals surface area contributed by atoms with E-state index in [1.54, 1.807) is 11.3 Å². The Labute approximate surface area is 139 Å². The molecule has 0 spiro atoms. The number of alkyl halides is 1. The first-order valence-corrected chi connectivity index (χ1v) is 8.59. The van der Waals surface area contributed by atoms with Crippen LogP contribution in [0.5, 0.6) is 0 Å². The lowest BCUT2D eigenvalue weighted by molar-refractivity contribution is 1.22. The molecule has 1 heterocycles. The molecule has 0 aliphatic rings. The number of rotatable bonds is 2. The van der Waals surface area contributed by atoms with Crippen molar-refractivity contribution in [2.24, 2.45) is 0 Å². The van der Waals surface area contributed by atoms with E-state index in [0.717, 1.165) is 23.7 Å². The monoisotopic (exact) mass is 476 g/mol. The highest BCUT2D eigenvalue weighted by Crippen LogP contribution is 2.42. The Balaban J connectivity index is 2.39. The number of halogens is 5. The van der Waals surface area contributed by atoms with Gasteiger partial charge in [-0.15, -0.1) is 11.3 Å². The molecule has 6 heteroatoms. The van der Waals surface area contributed by atoms with Crippen LogP contribution in [0.2, 0.25) is 9.36 Å². The summed E-state index contributed by atoms with van der Waals surface area (Å²) in [6.45, 7) is 0. The highest BCUT2D eigenvalue weighted by molar-refractivity contribution is 9.11. The van der Waals surface area contributed by atoms with Gasteiger partial charge in [0.2, 0.25) is 0 Å². The van der Waals surface area contributed by atoms with Crippen LogP contribution in [-0.4, -0.2) is 0 Å². The van der Waals surface area contributed by atoms with Crippen molar-refractivity contribution >= 4 is 82.3 Å². The lowest BCUT2D eigenvalue weighted by Crippen LogP contribution is -1.89. The highest BCUT2D eigenvalue weighted by Gasteiger charge is 2.16. The molecule has 1 unspecified atom stereocenters. The molecule has 0 aliphatic carbocycles. The minimum absolute atomic E-state index is 0.0892. The third kappa shape index (κ3) is 3.48. The van der Waals surface area contributed by atoms with E-state index >= 15 is 0 Å². The fourth-order valence-corrected chi connectivity index (χ4v) is 4.68. The zero-order valence-corrected chi connectivity index (χ0v) is 15.3. The molecule has 0 saturated carbocycles. The van der Waals surface area contributed by atoms with Gasteiger partial charge in [-0.3, -0.25) is 0 Å². The van der Waals surface area contributed by atoms with Gasteiger partial charge in [0.05, 0.1) is 4.83 Å². The molecule has 17 heavy (non-hydrogen) atoms. The molecule has 2 rings (SSSR count). The molecular formula is C11H5Br3Cl2S. The normalized spacial score (nSPS) is 12.8. The summed E-state index contributed by atoms with van der Waals surface area (Å²) in [5.74, 6) is 0. The molecule has 0 bridgehead atoms. The third-order valence-corrected chi connectivity index (χ3v) is 6.63. The molecule has 0 saturated heterocycles. The van der Waals surface area contributed by atoms with Gasteiger partial charge in [0.15, 0.2) is 0 Å². The molecule has 0 nitrogen and oxygen atoms in total. The van der Waals surface area contributed by atoms with Gasteiger partial charge in [-0.1, -0.05) is 55.1 Å². The Kier molecular flexibility index (Phi) is 5.01. The Morgan fingerprint density at radius 3 is 2.29 bits per heavy atom. The van der Waals surface area contributed by atoms with Crippen LogP contribution in [0, 0.1) is 0 Å². The summed E-state index contributed by atoms with van der Waals surface area (Å²) in [6.07, 6.45) is 0. The van der Waals surface area contributed by atoms with Crippen molar-refractivity contribution in [2.45, 2.75) is 4.83 Å². The van der Waals surface area contributed by atoms with Crippen molar-refractivity contribution < 1.29 is 0 Å². The SMILES string of the molecule is Clc1cc(Br)cc(C(Br)c2cc(Br)c(Cl)s2)c1. The van der Waals surface area contributed by atoms with E-state index in [4.69, 9.17) is 23.2 Å². The van der Waals surface area contributed by atoms with E-state index in [9.17, 15) is 0 Å². The Morgan fingerprint density at radius 2 is 1.76 bits per heavy atom. The topological polar surface area (TPSA) is 0 Å². The summed E-state index contributed by atoms with van der Waals surface area (Å²) in [4.78, 5) is 1.22. The molecule has 0 fully saturated rings. The van der Waals surface area contributed by atoms with E-state index in [2.05, 4.69) is 47.8 Å². The van der Waals surface area contributed by atoms with Gasteiger partial charge < -0.3 is 0 Å². The van der Waals surface area contributed by atoms with E-state index in [1.807, 2.05) is 24.3 Å². The van der Waals surface area contributed by atoms with Crippen LogP contribution in [0.1, 0.15) is 15.3 Å². The van der Waals surface area contributed by atoms with Crippen molar-refractivity contribution in [3.05, 3.63) is 53.0 Å². The number of hydrogen-bond donors (Lipinski definition) is 0. The molecule has 1 aromatic carbocycles. The van der Waals surface area contributed by atoms with E-state index in [-0.39, 0.29) is 4.83 Å². The minimum Gasteiger partial charge on any atom is -0.126 e. The standard InChI is InChI=1S/C11H5Br3Cl2S/c12-6-1-5(2-7(15)3-6)10(14)9-4-8(13)11(16)17-9/h1-4,10H. The first-order valence-electron chi connectivity index (χ1n) is 4.52. The fourth-order valence-electron chi connectivity index (χ4n) is 1.37. The van der Waals surface area contributed by atoms with Gasteiger partial charge in [-0.25, -0.2) is 0 Å². The van der Waals surface area contributed by atoms with Crippen LogP contribution in [-0.2, 0) is 0 Å². The molecule has 90 valence electrons. The van der Waals surface area contributed by atoms with E-state index < -0.39 is 0 Å². The molecule has 2 aromatic rings. The predicted octanol–water partition coefficient (Wildman–Crippen LogP) is 7.06. The largest absolute Gasteiger partial charge is 0.126 e. The minimum atomic E-state index is 0.0892. The Hall–Kier alpha value is 0.940. The fraction of sp³-hybridized carbons (Fsp3) is 0.0909. The van der Waals surface area contributed by atoms with Crippen molar-refractivity contribution in [1.82, 2.24) is 0 Å². The smallest absolute Gasteiger partial charge is 0.107 e.